The van der Waals surface area contributed by atoms with Gasteiger partial charge in [0.25, 0.3) is 0 Å². The van der Waals surface area contributed by atoms with Crippen LogP contribution in [0.3, 0.4) is 0 Å². The number of carbonyl (C=O) groups is 1. The monoisotopic (exact) mass is 311 g/mol. The van der Waals surface area contributed by atoms with Crippen LogP contribution in [0.15, 0.2) is 21.7 Å². The van der Waals surface area contributed by atoms with Crippen molar-refractivity contribution >= 4 is 29.1 Å². The largest absolute Gasteiger partial charge is 0.480 e. The van der Waals surface area contributed by atoms with E-state index in [2.05, 4.69) is 22.8 Å². The zero-order valence-corrected chi connectivity index (χ0v) is 13.1. The molecule has 1 aromatic heterocycles. The number of thioether (sulfide) groups is 1. The molecule has 0 saturated heterocycles. The lowest BCUT2D eigenvalue weighted by atomic mass is 9.85. The number of carboxylic acid groups (broad SMARTS) is 1. The SMILES string of the molecule is O=C(O)C1(NC2CC2)CCCC1CCSc1cccs1. The highest BCUT2D eigenvalue weighted by molar-refractivity contribution is 8.01. The third-order valence-electron chi connectivity index (χ3n) is 4.45. The zero-order chi connectivity index (χ0) is 14.0. The van der Waals surface area contributed by atoms with Crippen molar-refractivity contribution < 1.29 is 9.90 Å². The van der Waals surface area contributed by atoms with Gasteiger partial charge in [-0.05, 0) is 55.2 Å². The molecule has 0 radical (unpaired) electrons. The molecule has 2 aliphatic carbocycles. The Bertz CT molecular complexity index is 458. The average molecular weight is 311 g/mol. The minimum atomic E-state index is -0.642. The first-order chi connectivity index (χ1) is 9.71. The van der Waals surface area contributed by atoms with Crippen LogP contribution in [0.25, 0.3) is 0 Å². The predicted molar refractivity (Wildman–Crippen MR) is 83.5 cm³/mol. The van der Waals surface area contributed by atoms with Crippen molar-refractivity contribution in [3.8, 4) is 0 Å². The highest BCUT2D eigenvalue weighted by atomic mass is 32.2. The molecule has 5 heteroatoms. The van der Waals surface area contributed by atoms with Gasteiger partial charge in [0, 0.05) is 6.04 Å². The Kier molecular flexibility index (Phi) is 4.38. The summed E-state index contributed by atoms with van der Waals surface area (Å²) in [6, 6.07) is 4.66. The van der Waals surface area contributed by atoms with Crippen LogP contribution in [0.2, 0.25) is 0 Å². The molecule has 0 aliphatic heterocycles. The van der Waals surface area contributed by atoms with Crippen molar-refractivity contribution in [2.24, 2.45) is 5.92 Å². The van der Waals surface area contributed by atoms with Crippen LogP contribution < -0.4 is 5.32 Å². The standard InChI is InChI=1S/C15H21NO2S2/c17-14(18)15(16-12-5-6-12)8-1-3-11(15)7-10-20-13-4-2-9-19-13/h2,4,9,11-12,16H,1,3,5-8,10H2,(H,17,18). The smallest absolute Gasteiger partial charge is 0.324 e. The molecule has 3 rings (SSSR count). The van der Waals surface area contributed by atoms with Crippen molar-refractivity contribution in [1.82, 2.24) is 5.32 Å². The van der Waals surface area contributed by atoms with Gasteiger partial charge in [-0.1, -0.05) is 12.5 Å². The Balaban J connectivity index is 1.59. The highest BCUT2D eigenvalue weighted by Gasteiger charge is 2.50. The molecule has 20 heavy (non-hydrogen) atoms. The van der Waals surface area contributed by atoms with Crippen molar-refractivity contribution in [3.05, 3.63) is 17.5 Å². The maximum Gasteiger partial charge on any atom is 0.324 e. The van der Waals surface area contributed by atoms with E-state index in [1.54, 1.807) is 11.3 Å². The van der Waals surface area contributed by atoms with Crippen LogP contribution in [0.5, 0.6) is 0 Å². The summed E-state index contributed by atoms with van der Waals surface area (Å²) in [6.07, 6.45) is 6.18. The summed E-state index contributed by atoms with van der Waals surface area (Å²) in [5.74, 6) is 0.674. The molecule has 1 aromatic rings. The minimum absolute atomic E-state index is 0.285. The third-order valence-corrected chi connectivity index (χ3v) is 6.61. The van der Waals surface area contributed by atoms with E-state index in [1.807, 2.05) is 11.8 Å². The first kappa shape index (κ1) is 14.4. The molecule has 2 saturated carbocycles. The summed E-state index contributed by atoms with van der Waals surface area (Å²) in [6.45, 7) is 0. The average Bonchev–Trinajstić information content (AvgIpc) is 2.91. The zero-order valence-electron chi connectivity index (χ0n) is 11.5. The second kappa shape index (κ2) is 6.08. The summed E-state index contributed by atoms with van der Waals surface area (Å²) in [7, 11) is 0. The molecular weight excluding hydrogens is 290 g/mol. The molecule has 2 aliphatic rings. The minimum Gasteiger partial charge on any atom is -0.480 e. The van der Waals surface area contributed by atoms with E-state index in [9.17, 15) is 9.90 Å². The van der Waals surface area contributed by atoms with E-state index < -0.39 is 11.5 Å². The number of rotatable bonds is 7. The second-order valence-electron chi connectivity index (χ2n) is 5.85. The predicted octanol–water partition coefficient (Wildman–Crippen LogP) is 3.61. The molecular formula is C15H21NO2S2. The molecule has 0 amide bonds. The fourth-order valence-electron chi connectivity index (χ4n) is 3.24. The first-order valence-corrected chi connectivity index (χ1v) is 9.24. The Hall–Kier alpha value is -0.520. The van der Waals surface area contributed by atoms with Crippen LogP contribution in [0, 0.1) is 5.92 Å². The van der Waals surface area contributed by atoms with Crippen molar-refractivity contribution in [2.75, 3.05) is 5.75 Å². The van der Waals surface area contributed by atoms with Crippen molar-refractivity contribution in [1.29, 1.82) is 0 Å². The van der Waals surface area contributed by atoms with Crippen LogP contribution in [-0.2, 0) is 4.79 Å². The van der Waals surface area contributed by atoms with Gasteiger partial charge >= 0.3 is 5.97 Å². The molecule has 2 N–H and O–H groups in total. The van der Waals surface area contributed by atoms with Crippen LogP contribution in [0.1, 0.15) is 38.5 Å². The third kappa shape index (κ3) is 3.05. The van der Waals surface area contributed by atoms with Gasteiger partial charge in [0.05, 0.1) is 4.21 Å². The highest BCUT2D eigenvalue weighted by Crippen LogP contribution is 2.41. The molecule has 2 fully saturated rings. The van der Waals surface area contributed by atoms with E-state index in [-0.39, 0.29) is 5.92 Å². The number of hydrogen-bond donors (Lipinski definition) is 2. The van der Waals surface area contributed by atoms with E-state index >= 15 is 0 Å². The number of carboxylic acids is 1. The number of nitrogens with one attached hydrogen (secondary N) is 1. The Morgan fingerprint density at radius 2 is 2.35 bits per heavy atom. The lowest BCUT2D eigenvalue weighted by Crippen LogP contribution is -2.55. The van der Waals surface area contributed by atoms with Gasteiger partial charge in [-0.25, -0.2) is 0 Å². The van der Waals surface area contributed by atoms with E-state index in [4.69, 9.17) is 0 Å². The number of thiophene rings is 1. The van der Waals surface area contributed by atoms with Gasteiger partial charge in [-0.3, -0.25) is 10.1 Å². The number of hydrogen-bond acceptors (Lipinski definition) is 4. The van der Waals surface area contributed by atoms with Gasteiger partial charge in [-0.2, -0.15) is 0 Å². The summed E-state index contributed by atoms with van der Waals surface area (Å²) >= 11 is 3.62. The molecule has 1 heterocycles. The van der Waals surface area contributed by atoms with Crippen molar-refractivity contribution in [2.45, 2.75) is 54.3 Å². The summed E-state index contributed by atoms with van der Waals surface area (Å²) in [5, 5.41) is 15.3. The van der Waals surface area contributed by atoms with Gasteiger partial charge in [0.2, 0.25) is 0 Å². The fourth-order valence-corrected chi connectivity index (χ4v) is 5.16. The Morgan fingerprint density at radius 3 is 3.00 bits per heavy atom. The van der Waals surface area contributed by atoms with E-state index in [1.165, 1.54) is 4.21 Å². The summed E-state index contributed by atoms with van der Waals surface area (Å²) in [4.78, 5) is 11.8. The van der Waals surface area contributed by atoms with Crippen LogP contribution in [0.4, 0.5) is 0 Å². The summed E-state index contributed by atoms with van der Waals surface area (Å²) in [5.41, 5.74) is -0.642. The molecule has 0 bridgehead atoms. The molecule has 0 aromatic carbocycles. The van der Waals surface area contributed by atoms with Gasteiger partial charge in [0.1, 0.15) is 5.54 Å². The first-order valence-electron chi connectivity index (χ1n) is 7.38. The normalized spacial score (nSPS) is 29.7. The Morgan fingerprint density at radius 1 is 1.50 bits per heavy atom. The number of aliphatic carboxylic acids is 1. The quantitative estimate of drug-likeness (QED) is 0.755. The maximum atomic E-state index is 11.8. The maximum absolute atomic E-state index is 11.8. The van der Waals surface area contributed by atoms with Crippen molar-refractivity contribution in [3.63, 3.8) is 0 Å². The molecule has 2 atom stereocenters. The van der Waals surface area contributed by atoms with Crippen LogP contribution >= 0.6 is 23.1 Å². The second-order valence-corrected chi connectivity index (χ2v) is 8.20. The van der Waals surface area contributed by atoms with Gasteiger partial charge in [-0.15, -0.1) is 23.1 Å². The topological polar surface area (TPSA) is 49.3 Å². The fraction of sp³-hybridized carbons (Fsp3) is 0.667. The molecule has 110 valence electrons. The van der Waals surface area contributed by atoms with Gasteiger partial charge in [0.15, 0.2) is 0 Å². The van der Waals surface area contributed by atoms with E-state index in [0.717, 1.165) is 44.3 Å². The van der Waals surface area contributed by atoms with E-state index in [0.29, 0.717) is 6.04 Å². The Labute approximate surface area is 128 Å². The van der Waals surface area contributed by atoms with Crippen LogP contribution in [-0.4, -0.2) is 28.4 Å². The lowest BCUT2D eigenvalue weighted by molar-refractivity contribution is -0.146. The molecule has 3 nitrogen and oxygen atoms in total. The molecule has 2 unspecified atom stereocenters. The summed E-state index contributed by atoms with van der Waals surface area (Å²) < 4.78 is 1.33. The molecule has 0 spiro atoms. The lowest BCUT2D eigenvalue weighted by Gasteiger charge is -2.32. The van der Waals surface area contributed by atoms with Gasteiger partial charge < -0.3 is 5.11 Å².